The van der Waals surface area contributed by atoms with Crippen molar-refractivity contribution in [2.45, 2.75) is 53.3 Å². The molecule has 5 rings (SSSR count). The lowest BCUT2D eigenvalue weighted by Crippen LogP contribution is -2.47. The van der Waals surface area contributed by atoms with Crippen molar-refractivity contribution in [3.05, 3.63) is 83.2 Å². The molecular formula is C34H41N5O4. The van der Waals surface area contributed by atoms with Crippen molar-refractivity contribution in [1.29, 1.82) is 0 Å². The number of carbonyl (C=O) groups is 3. The molecule has 0 aliphatic carbocycles. The van der Waals surface area contributed by atoms with Crippen molar-refractivity contribution >= 4 is 34.8 Å². The SMILES string of the molecule is CCN1C(=O)C(C)(C)C(=O)N(C)c2cc(CN(CCN3C(=O)CCc4ccccc43)Cc3cccnc3COC)ccc21. The lowest BCUT2D eigenvalue weighted by atomic mass is 9.90. The predicted octanol–water partition coefficient (Wildman–Crippen LogP) is 4.57. The van der Waals surface area contributed by atoms with Gasteiger partial charge in [-0.05, 0) is 68.1 Å². The number of nitrogens with zero attached hydrogens (tertiary/aromatic N) is 5. The highest BCUT2D eigenvalue weighted by atomic mass is 16.5. The zero-order valence-corrected chi connectivity index (χ0v) is 25.8. The Morgan fingerprint density at radius 1 is 0.907 bits per heavy atom. The Labute approximate surface area is 254 Å². The number of hydrogen-bond acceptors (Lipinski definition) is 6. The average molecular weight is 584 g/mol. The fourth-order valence-corrected chi connectivity index (χ4v) is 6.12. The first-order chi connectivity index (χ1) is 20.6. The van der Waals surface area contributed by atoms with E-state index in [2.05, 4.69) is 22.0 Å². The lowest BCUT2D eigenvalue weighted by molar-refractivity contribution is -0.137. The van der Waals surface area contributed by atoms with Gasteiger partial charge in [-0.2, -0.15) is 0 Å². The maximum absolute atomic E-state index is 13.4. The molecule has 0 radical (unpaired) electrons. The first kappa shape index (κ1) is 30.4. The molecule has 0 fully saturated rings. The highest BCUT2D eigenvalue weighted by molar-refractivity contribution is 6.19. The van der Waals surface area contributed by atoms with Gasteiger partial charge in [-0.15, -0.1) is 0 Å². The smallest absolute Gasteiger partial charge is 0.242 e. The van der Waals surface area contributed by atoms with Gasteiger partial charge in [0.05, 0.1) is 23.7 Å². The van der Waals surface area contributed by atoms with Crippen LogP contribution in [-0.2, 0) is 45.2 Å². The minimum atomic E-state index is -1.16. The molecule has 9 nitrogen and oxygen atoms in total. The van der Waals surface area contributed by atoms with E-state index in [1.54, 1.807) is 44.0 Å². The Kier molecular flexibility index (Phi) is 8.94. The van der Waals surface area contributed by atoms with Crippen LogP contribution in [0.25, 0.3) is 0 Å². The molecule has 0 saturated heterocycles. The van der Waals surface area contributed by atoms with Crippen LogP contribution in [-0.4, -0.2) is 61.4 Å². The van der Waals surface area contributed by atoms with Crippen LogP contribution in [0.15, 0.2) is 60.8 Å². The number of methoxy groups -OCH3 is 1. The summed E-state index contributed by atoms with van der Waals surface area (Å²) in [6.45, 7) is 8.53. The largest absolute Gasteiger partial charge is 0.378 e. The number of anilines is 3. The Morgan fingerprint density at radius 3 is 2.47 bits per heavy atom. The van der Waals surface area contributed by atoms with Crippen molar-refractivity contribution in [1.82, 2.24) is 9.88 Å². The summed E-state index contributed by atoms with van der Waals surface area (Å²) in [6.07, 6.45) is 3.04. The Bertz CT molecular complexity index is 1520. The van der Waals surface area contributed by atoms with E-state index < -0.39 is 5.41 Å². The van der Waals surface area contributed by atoms with Gasteiger partial charge in [-0.3, -0.25) is 24.3 Å². The number of para-hydroxylation sites is 1. The number of hydrogen-bond donors (Lipinski definition) is 0. The third kappa shape index (κ3) is 6.05. The Morgan fingerprint density at radius 2 is 1.70 bits per heavy atom. The molecule has 0 unspecified atom stereocenters. The molecule has 43 heavy (non-hydrogen) atoms. The summed E-state index contributed by atoms with van der Waals surface area (Å²) in [4.78, 5) is 51.8. The molecule has 0 bridgehead atoms. The molecule has 2 aliphatic heterocycles. The van der Waals surface area contributed by atoms with Crippen LogP contribution in [0.1, 0.15) is 49.6 Å². The monoisotopic (exact) mass is 583 g/mol. The molecule has 3 amide bonds. The molecule has 226 valence electrons. The van der Waals surface area contributed by atoms with Gasteiger partial charge in [-0.1, -0.05) is 30.3 Å². The zero-order valence-electron chi connectivity index (χ0n) is 25.8. The standard InChI is InChI=1S/C34H41N5O4/c1-6-38-29-15-13-24(20-30(29)36(4)32(41)34(2,3)33(38)42)21-37(22-26-11-9-17-35-27(26)23-43-5)18-19-39-28-12-8-7-10-25(28)14-16-31(39)40/h7-13,15,17,20H,6,14,16,18-19,21-23H2,1-5H3. The number of fused-ring (bicyclic) bond motifs is 2. The van der Waals surface area contributed by atoms with Crippen LogP contribution in [0, 0.1) is 5.41 Å². The Balaban J connectivity index is 1.46. The predicted molar refractivity (Wildman–Crippen MR) is 168 cm³/mol. The number of ether oxygens (including phenoxy) is 1. The second-order valence-corrected chi connectivity index (χ2v) is 11.8. The lowest BCUT2D eigenvalue weighted by Gasteiger charge is -2.32. The maximum atomic E-state index is 13.4. The van der Waals surface area contributed by atoms with Crippen molar-refractivity contribution in [2.24, 2.45) is 5.41 Å². The Hall–Kier alpha value is -4.08. The third-order valence-electron chi connectivity index (χ3n) is 8.52. The van der Waals surface area contributed by atoms with E-state index in [4.69, 9.17) is 4.74 Å². The summed E-state index contributed by atoms with van der Waals surface area (Å²) >= 11 is 0. The van der Waals surface area contributed by atoms with E-state index in [9.17, 15) is 14.4 Å². The van der Waals surface area contributed by atoms with Gasteiger partial charge in [0.25, 0.3) is 0 Å². The van der Waals surface area contributed by atoms with Gasteiger partial charge in [-0.25, -0.2) is 0 Å². The van der Waals surface area contributed by atoms with E-state index >= 15 is 0 Å². The van der Waals surface area contributed by atoms with Crippen molar-refractivity contribution in [3.8, 4) is 0 Å². The number of pyridine rings is 1. The molecule has 0 N–H and O–H groups in total. The van der Waals surface area contributed by atoms with Gasteiger partial charge in [0.1, 0.15) is 5.41 Å². The third-order valence-corrected chi connectivity index (χ3v) is 8.52. The number of rotatable bonds is 10. The van der Waals surface area contributed by atoms with Gasteiger partial charge < -0.3 is 19.4 Å². The van der Waals surface area contributed by atoms with E-state index in [1.807, 2.05) is 54.3 Å². The minimum absolute atomic E-state index is 0.136. The van der Waals surface area contributed by atoms with Crippen LogP contribution in [0.4, 0.5) is 17.1 Å². The van der Waals surface area contributed by atoms with Crippen molar-refractivity contribution in [2.75, 3.05) is 48.5 Å². The molecule has 3 heterocycles. The number of carbonyl (C=O) groups excluding carboxylic acids is 3. The quantitative estimate of drug-likeness (QED) is 0.325. The molecule has 2 aliphatic rings. The van der Waals surface area contributed by atoms with E-state index in [1.165, 1.54) is 5.56 Å². The fraction of sp³-hybridized carbons (Fsp3) is 0.412. The summed E-state index contributed by atoms with van der Waals surface area (Å²) in [5, 5.41) is 0. The highest BCUT2D eigenvalue weighted by Gasteiger charge is 2.45. The van der Waals surface area contributed by atoms with Crippen LogP contribution in [0.5, 0.6) is 0 Å². The van der Waals surface area contributed by atoms with Crippen LogP contribution >= 0.6 is 0 Å². The molecule has 0 saturated carbocycles. The van der Waals surface area contributed by atoms with Gasteiger partial charge in [0.2, 0.25) is 17.7 Å². The summed E-state index contributed by atoms with van der Waals surface area (Å²) in [5.41, 5.74) is 5.40. The highest BCUT2D eigenvalue weighted by Crippen LogP contribution is 2.39. The van der Waals surface area contributed by atoms with Crippen molar-refractivity contribution in [3.63, 3.8) is 0 Å². The molecule has 2 aromatic carbocycles. The summed E-state index contributed by atoms with van der Waals surface area (Å²) < 4.78 is 5.42. The topological polar surface area (TPSA) is 86.3 Å². The summed E-state index contributed by atoms with van der Waals surface area (Å²) in [7, 11) is 3.40. The van der Waals surface area contributed by atoms with Gasteiger partial charge in [0.15, 0.2) is 0 Å². The minimum Gasteiger partial charge on any atom is -0.378 e. The van der Waals surface area contributed by atoms with Crippen LogP contribution in [0.3, 0.4) is 0 Å². The van der Waals surface area contributed by atoms with Gasteiger partial charge in [0, 0.05) is 65.2 Å². The molecule has 9 heteroatoms. The van der Waals surface area contributed by atoms with E-state index in [-0.39, 0.29) is 17.7 Å². The summed E-state index contributed by atoms with van der Waals surface area (Å²) in [6, 6.07) is 18.1. The van der Waals surface area contributed by atoms with Crippen molar-refractivity contribution < 1.29 is 19.1 Å². The molecular weight excluding hydrogens is 542 g/mol. The number of benzene rings is 2. The second kappa shape index (κ2) is 12.7. The van der Waals surface area contributed by atoms with E-state index in [0.717, 1.165) is 34.6 Å². The van der Waals surface area contributed by atoms with Gasteiger partial charge >= 0.3 is 0 Å². The first-order valence-electron chi connectivity index (χ1n) is 14.9. The molecule has 3 aromatic rings. The fourth-order valence-electron chi connectivity index (χ4n) is 6.12. The van der Waals surface area contributed by atoms with Crippen LogP contribution < -0.4 is 14.7 Å². The number of aryl methyl sites for hydroxylation is 1. The molecule has 0 spiro atoms. The molecule has 0 atom stereocenters. The number of aromatic nitrogens is 1. The maximum Gasteiger partial charge on any atom is 0.242 e. The zero-order chi connectivity index (χ0) is 30.7. The average Bonchev–Trinajstić information content (AvgIpc) is 3.05. The normalized spacial score (nSPS) is 16.4. The molecule has 1 aromatic heterocycles. The first-order valence-corrected chi connectivity index (χ1v) is 14.9. The number of amides is 3. The van der Waals surface area contributed by atoms with E-state index in [0.29, 0.717) is 51.4 Å². The second-order valence-electron chi connectivity index (χ2n) is 11.8. The van der Waals surface area contributed by atoms with Crippen LogP contribution in [0.2, 0.25) is 0 Å². The summed E-state index contributed by atoms with van der Waals surface area (Å²) in [5.74, 6) is -0.295.